The van der Waals surface area contributed by atoms with E-state index in [-0.39, 0.29) is 12.5 Å². The Kier molecular flexibility index (Phi) is 4.52. The van der Waals surface area contributed by atoms with Crippen molar-refractivity contribution in [2.45, 2.75) is 25.8 Å². The lowest BCUT2D eigenvalue weighted by Crippen LogP contribution is -2.35. The number of furan rings is 1. The fourth-order valence-electron chi connectivity index (χ4n) is 2.62. The molecule has 1 fully saturated rings. The van der Waals surface area contributed by atoms with Crippen LogP contribution in [0.2, 0.25) is 0 Å². The highest BCUT2D eigenvalue weighted by Gasteiger charge is 2.36. The average molecular weight is 324 g/mol. The van der Waals surface area contributed by atoms with Crippen LogP contribution in [0.1, 0.15) is 36.3 Å². The van der Waals surface area contributed by atoms with Gasteiger partial charge in [-0.15, -0.1) is 0 Å². The number of hydrogen-bond acceptors (Lipinski definition) is 5. The molecule has 2 atom stereocenters. The van der Waals surface area contributed by atoms with Crippen molar-refractivity contribution in [1.29, 1.82) is 5.26 Å². The Morgan fingerprint density at radius 1 is 1.46 bits per heavy atom. The Balaban J connectivity index is 1.48. The number of aromatic nitrogens is 1. The molecule has 1 N–H and O–H groups in total. The maximum atomic E-state index is 12.1. The second-order valence-corrected chi connectivity index (χ2v) is 6.27. The summed E-state index contributed by atoms with van der Waals surface area (Å²) in [5, 5.41) is 11.6. The first-order chi connectivity index (χ1) is 11.6. The van der Waals surface area contributed by atoms with Gasteiger partial charge in [0.15, 0.2) is 0 Å². The van der Waals surface area contributed by atoms with Crippen LogP contribution >= 0.6 is 0 Å². The van der Waals surface area contributed by atoms with Crippen LogP contribution in [-0.4, -0.2) is 24.5 Å². The summed E-state index contributed by atoms with van der Waals surface area (Å²) in [6, 6.07) is 9.35. The maximum absolute atomic E-state index is 12.1. The number of nitrogens with zero attached hydrogens (tertiary/aromatic N) is 3. The summed E-state index contributed by atoms with van der Waals surface area (Å²) in [7, 11) is 1.79. The highest BCUT2D eigenvalue weighted by Crippen LogP contribution is 2.47. The lowest BCUT2D eigenvalue weighted by atomic mass is 10.3. The molecule has 1 aliphatic rings. The predicted molar refractivity (Wildman–Crippen MR) is 89.3 cm³/mol. The molecule has 0 aromatic carbocycles. The van der Waals surface area contributed by atoms with Crippen molar-refractivity contribution in [1.82, 2.24) is 10.3 Å². The fraction of sp³-hybridized carbons (Fsp3) is 0.389. The normalized spacial score (nSPS) is 18.7. The molecule has 1 amide bonds. The third-order valence-corrected chi connectivity index (χ3v) is 4.27. The van der Waals surface area contributed by atoms with E-state index in [1.54, 1.807) is 24.1 Å². The molecule has 3 rings (SSSR count). The second kappa shape index (κ2) is 6.75. The first-order valence-corrected chi connectivity index (χ1v) is 7.99. The Labute approximate surface area is 141 Å². The average Bonchev–Trinajstić information content (AvgIpc) is 3.13. The van der Waals surface area contributed by atoms with Gasteiger partial charge in [0.1, 0.15) is 23.4 Å². The summed E-state index contributed by atoms with van der Waals surface area (Å²) < 4.78 is 5.77. The van der Waals surface area contributed by atoms with E-state index in [0.717, 1.165) is 11.5 Å². The quantitative estimate of drug-likeness (QED) is 0.882. The molecule has 2 aromatic heterocycles. The van der Waals surface area contributed by atoms with Crippen molar-refractivity contribution in [2.24, 2.45) is 5.92 Å². The smallest absolute Gasteiger partial charge is 0.239 e. The van der Waals surface area contributed by atoms with E-state index in [4.69, 9.17) is 9.68 Å². The molecule has 0 radical (unpaired) electrons. The molecule has 2 aromatic rings. The van der Waals surface area contributed by atoms with Crippen LogP contribution in [0.5, 0.6) is 0 Å². The van der Waals surface area contributed by atoms with Gasteiger partial charge in [-0.3, -0.25) is 4.79 Å². The SMILES string of the molecule is C[C@@H]1C[C@@H]1c1ccc(CNC(=O)CN(C)c2ccc(C#N)cn2)o1. The van der Waals surface area contributed by atoms with E-state index in [1.165, 1.54) is 12.6 Å². The number of carbonyl (C=O) groups excluding carboxylic acids is 1. The number of amides is 1. The van der Waals surface area contributed by atoms with Gasteiger partial charge in [0.25, 0.3) is 0 Å². The molecular weight excluding hydrogens is 304 g/mol. The number of nitrogens with one attached hydrogen (secondary N) is 1. The summed E-state index contributed by atoms with van der Waals surface area (Å²) in [5.74, 6) is 3.58. The van der Waals surface area contributed by atoms with Crippen LogP contribution < -0.4 is 10.2 Å². The molecular formula is C18H20N4O2. The summed E-state index contributed by atoms with van der Waals surface area (Å²) >= 11 is 0. The minimum Gasteiger partial charge on any atom is -0.464 e. The molecule has 0 unspecified atom stereocenters. The lowest BCUT2D eigenvalue weighted by molar-refractivity contribution is -0.120. The third kappa shape index (κ3) is 3.74. The Hall–Kier alpha value is -2.81. The summed E-state index contributed by atoms with van der Waals surface area (Å²) in [6.07, 6.45) is 2.68. The van der Waals surface area contributed by atoms with E-state index < -0.39 is 0 Å². The van der Waals surface area contributed by atoms with Crippen LogP contribution in [0.3, 0.4) is 0 Å². The molecule has 0 bridgehead atoms. The highest BCUT2D eigenvalue weighted by atomic mass is 16.3. The van der Waals surface area contributed by atoms with E-state index >= 15 is 0 Å². The molecule has 124 valence electrons. The standard InChI is InChI=1S/C18H20N4O2/c1-12-7-15(12)16-5-4-14(24-16)10-21-18(23)11-22(2)17-6-3-13(8-19)9-20-17/h3-6,9,12,15H,7,10-11H2,1-2H3,(H,21,23)/t12-,15+/m1/s1. The monoisotopic (exact) mass is 324 g/mol. The first kappa shape index (κ1) is 16.1. The van der Waals surface area contributed by atoms with Crippen molar-refractivity contribution in [3.05, 3.63) is 47.5 Å². The number of anilines is 1. The predicted octanol–water partition coefficient (Wildman–Crippen LogP) is 2.42. The van der Waals surface area contributed by atoms with Crippen LogP contribution in [0.4, 0.5) is 5.82 Å². The zero-order valence-corrected chi connectivity index (χ0v) is 13.8. The van der Waals surface area contributed by atoms with Crippen LogP contribution in [0.25, 0.3) is 0 Å². The minimum atomic E-state index is -0.110. The molecule has 0 aliphatic heterocycles. The summed E-state index contributed by atoms with van der Waals surface area (Å²) in [4.78, 5) is 17.9. The molecule has 6 nitrogen and oxygen atoms in total. The van der Waals surface area contributed by atoms with Crippen molar-refractivity contribution in [3.8, 4) is 6.07 Å². The number of pyridine rings is 1. The zero-order valence-electron chi connectivity index (χ0n) is 13.8. The zero-order chi connectivity index (χ0) is 17.1. The largest absolute Gasteiger partial charge is 0.464 e. The number of carbonyl (C=O) groups is 1. The lowest BCUT2D eigenvalue weighted by Gasteiger charge is -2.17. The van der Waals surface area contributed by atoms with Gasteiger partial charge < -0.3 is 14.6 Å². The minimum absolute atomic E-state index is 0.110. The number of hydrogen-bond donors (Lipinski definition) is 1. The first-order valence-electron chi connectivity index (χ1n) is 7.99. The van der Waals surface area contributed by atoms with Gasteiger partial charge in [-0.2, -0.15) is 5.26 Å². The van der Waals surface area contributed by atoms with Crippen molar-refractivity contribution >= 4 is 11.7 Å². The van der Waals surface area contributed by atoms with E-state index in [0.29, 0.717) is 29.8 Å². The van der Waals surface area contributed by atoms with Crippen molar-refractivity contribution < 1.29 is 9.21 Å². The maximum Gasteiger partial charge on any atom is 0.239 e. The van der Waals surface area contributed by atoms with Gasteiger partial charge in [-0.05, 0) is 36.6 Å². The van der Waals surface area contributed by atoms with E-state index in [9.17, 15) is 4.79 Å². The van der Waals surface area contributed by atoms with Gasteiger partial charge in [0, 0.05) is 19.2 Å². The van der Waals surface area contributed by atoms with E-state index in [2.05, 4.69) is 17.2 Å². The Morgan fingerprint density at radius 3 is 2.88 bits per heavy atom. The van der Waals surface area contributed by atoms with Crippen LogP contribution in [-0.2, 0) is 11.3 Å². The topological polar surface area (TPSA) is 82.2 Å². The molecule has 2 heterocycles. The Morgan fingerprint density at radius 2 is 2.25 bits per heavy atom. The van der Waals surface area contributed by atoms with Crippen LogP contribution in [0.15, 0.2) is 34.9 Å². The third-order valence-electron chi connectivity index (χ3n) is 4.27. The highest BCUT2D eigenvalue weighted by molar-refractivity contribution is 5.80. The fourth-order valence-corrected chi connectivity index (χ4v) is 2.62. The van der Waals surface area contributed by atoms with Gasteiger partial charge >= 0.3 is 0 Å². The molecule has 1 saturated carbocycles. The molecule has 1 aliphatic carbocycles. The second-order valence-electron chi connectivity index (χ2n) is 6.27. The summed E-state index contributed by atoms with van der Waals surface area (Å²) in [5.41, 5.74) is 0.496. The van der Waals surface area contributed by atoms with Crippen molar-refractivity contribution in [3.63, 3.8) is 0 Å². The number of likely N-dealkylation sites (N-methyl/N-ethyl adjacent to an activating group) is 1. The van der Waals surface area contributed by atoms with Crippen LogP contribution in [0, 0.1) is 17.2 Å². The molecule has 24 heavy (non-hydrogen) atoms. The van der Waals surface area contributed by atoms with Gasteiger partial charge in [-0.1, -0.05) is 6.92 Å². The van der Waals surface area contributed by atoms with Gasteiger partial charge in [-0.25, -0.2) is 4.98 Å². The van der Waals surface area contributed by atoms with Gasteiger partial charge in [0.2, 0.25) is 5.91 Å². The van der Waals surface area contributed by atoms with Gasteiger partial charge in [0.05, 0.1) is 18.7 Å². The number of rotatable bonds is 6. The van der Waals surface area contributed by atoms with E-state index in [1.807, 2.05) is 18.2 Å². The molecule has 6 heteroatoms. The summed E-state index contributed by atoms with van der Waals surface area (Å²) in [6.45, 7) is 2.78. The molecule has 0 spiro atoms. The van der Waals surface area contributed by atoms with Crippen molar-refractivity contribution in [2.75, 3.05) is 18.5 Å². The number of nitriles is 1. The molecule has 0 saturated heterocycles. The Bertz CT molecular complexity index is 760.